The van der Waals surface area contributed by atoms with Crippen molar-refractivity contribution in [1.82, 2.24) is 0 Å². The molecule has 1 aromatic rings. The number of alkyl halides is 3. The summed E-state index contributed by atoms with van der Waals surface area (Å²) in [5.41, 5.74) is -1.53. The van der Waals surface area contributed by atoms with Gasteiger partial charge in [-0.3, -0.25) is 0 Å². The molecule has 86 valence electrons. The summed E-state index contributed by atoms with van der Waals surface area (Å²) in [6.07, 6.45) is -4.62. The maximum atomic E-state index is 12.5. The van der Waals surface area contributed by atoms with Gasteiger partial charge in [-0.15, -0.1) is 0 Å². The van der Waals surface area contributed by atoms with Crippen LogP contribution in [0.4, 0.5) is 13.2 Å². The minimum absolute atomic E-state index is 0.145. The normalized spacial score (nSPS) is 11.0. The summed E-state index contributed by atoms with van der Waals surface area (Å²) in [7, 11) is 1.15. The van der Waals surface area contributed by atoms with E-state index in [1.165, 1.54) is 6.07 Å². The van der Waals surface area contributed by atoms with E-state index in [4.69, 9.17) is 15.1 Å². The highest BCUT2D eigenvalue weighted by molar-refractivity contribution is 5.54. The molecule has 0 spiro atoms. The third-order valence-electron chi connectivity index (χ3n) is 2.03. The molecular weight excluding hydrogens is 223 g/mol. The second kappa shape index (κ2) is 4.41. The molecule has 0 amide bonds. The van der Waals surface area contributed by atoms with Crippen molar-refractivity contribution in [1.29, 1.82) is 5.26 Å². The zero-order chi connectivity index (χ0) is 12.3. The van der Waals surface area contributed by atoms with Crippen LogP contribution in [0.15, 0.2) is 12.1 Å². The maximum absolute atomic E-state index is 12.5. The first kappa shape index (κ1) is 12.3. The van der Waals surface area contributed by atoms with Crippen LogP contribution in [0.5, 0.6) is 5.75 Å². The van der Waals surface area contributed by atoms with E-state index in [1.54, 1.807) is 0 Å². The summed E-state index contributed by atoms with van der Waals surface area (Å²) in [5.74, 6) is -0.236. The average Bonchev–Trinajstić information content (AvgIpc) is 2.25. The molecule has 1 rings (SSSR count). The highest BCUT2D eigenvalue weighted by Crippen LogP contribution is 2.37. The van der Waals surface area contributed by atoms with Gasteiger partial charge in [-0.25, -0.2) is 0 Å². The molecule has 0 bridgehead atoms. The molecule has 0 heterocycles. The Labute approximate surface area is 89.7 Å². The SMILES string of the molecule is COc1c(CO)ccc(C(F)(F)F)c1C#N. The van der Waals surface area contributed by atoms with Gasteiger partial charge in [-0.05, 0) is 6.07 Å². The van der Waals surface area contributed by atoms with Gasteiger partial charge in [-0.2, -0.15) is 18.4 Å². The largest absolute Gasteiger partial charge is 0.495 e. The average molecular weight is 231 g/mol. The fourth-order valence-corrected chi connectivity index (χ4v) is 1.33. The van der Waals surface area contributed by atoms with Crippen molar-refractivity contribution >= 4 is 0 Å². The van der Waals surface area contributed by atoms with Gasteiger partial charge in [0.25, 0.3) is 0 Å². The van der Waals surface area contributed by atoms with Crippen LogP contribution < -0.4 is 4.74 Å². The van der Waals surface area contributed by atoms with Crippen molar-refractivity contribution in [2.24, 2.45) is 0 Å². The summed E-state index contributed by atoms with van der Waals surface area (Å²) in [5, 5.41) is 17.6. The van der Waals surface area contributed by atoms with Crippen LogP contribution in [0.2, 0.25) is 0 Å². The first-order chi connectivity index (χ1) is 7.45. The lowest BCUT2D eigenvalue weighted by molar-refractivity contribution is -0.137. The second-order valence-corrected chi connectivity index (χ2v) is 2.95. The van der Waals surface area contributed by atoms with E-state index in [-0.39, 0.29) is 11.3 Å². The highest BCUT2D eigenvalue weighted by Gasteiger charge is 2.35. The van der Waals surface area contributed by atoms with E-state index in [0.29, 0.717) is 0 Å². The van der Waals surface area contributed by atoms with E-state index >= 15 is 0 Å². The summed E-state index contributed by atoms with van der Waals surface area (Å²) in [6.45, 7) is -0.490. The van der Waals surface area contributed by atoms with E-state index < -0.39 is 23.9 Å². The van der Waals surface area contributed by atoms with Gasteiger partial charge in [0, 0.05) is 5.56 Å². The first-order valence-electron chi connectivity index (χ1n) is 4.23. The van der Waals surface area contributed by atoms with Gasteiger partial charge in [0.1, 0.15) is 17.4 Å². The van der Waals surface area contributed by atoms with Crippen molar-refractivity contribution in [3.8, 4) is 11.8 Å². The molecule has 0 aliphatic rings. The number of hydrogen-bond acceptors (Lipinski definition) is 3. The number of benzene rings is 1. The summed E-state index contributed by atoms with van der Waals surface area (Å²) in [4.78, 5) is 0. The number of aliphatic hydroxyl groups is 1. The Hall–Kier alpha value is -1.74. The zero-order valence-corrected chi connectivity index (χ0v) is 8.30. The lowest BCUT2D eigenvalue weighted by Gasteiger charge is -2.14. The third kappa shape index (κ3) is 2.09. The number of ether oxygens (including phenoxy) is 1. The van der Waals surface area contributed by atoms with Crippen LogP contribution in [0.1, 0.15) is 16.7 Å². The number of nitriles is 1. The van der Waals surface area contributed by atoms with Crippen molar-refractivity contribution in [3.63, 3.8) is 0 Å². The van der Waals surface area contributed by atoms with Crippen molar-refractivity contribution in [3.05, 3.63) is 28.8 Å². The number of halogens is 3. The van der Waals surface area contributed by atoms with E-state index in [1.807, 2.05) is 0 Å². The number of hydrogen-bond donors (Lipinski definition) is 1. The Kier molecular flexibility index (Phi) is 3.40. The first-order valence-corrected chi connectivity index (χ1v) is 4.23. The fraction of sp³-hybridized carbons (Fsp3) is 0.300. The van der Waals surface area contributed by atoms with Gasteiger partial charge in [-0.1, -0.05) is 6.07 Å². The van der Waals surface area contributed by atoms with Crippen LogP contribution in [-0.2, 0) is 12.8 Å². The number of methoxy groups -OCH3 is 1. The van der Waals surface area contributed by atoms with E-state index in [9.17, 15) is 13.2 Å². The third-order valence-corrected chi connectivity index (χ3v) is 2.03. The second-order valence-electron chi connectivity index (χ2n) is 2.95. The summed E-state index contributed by atoms with van der Waals surface area (Å²) >= 11 is 0. The molecular formula is C10H8F3NO2. The maximum Gasteiger partial charge on any atom is 0.417 e. The fourth-order valence-electron chi connectivity index (χ4n) is 1.33. The molecule has 0 fully saturated rings. The van der Waals surface area contributed by atoms with Gasteiger partial charge >= 0.3 is 6.18 Å². The van der Waals surface area contributed by atoms with Gasteiger partial charge in [0.15, 0.2) is 0 Å². The predicted molar refractivity (Wildman–Crippen MR) is 48.6 cm³/mol. The number of rotatable bonds is 2. The lowest BCUT2D eigenvalue weighted by Crippen LogP contribution is -2.10. The molecule has 1 N–H and O–H groups in total. The standard InChI is InChI=1S/C10H8F3NO2/c1-16-9-6(5-15)2-3-8(7(9)4-14)10(11,12)13/h2-3,15H,5H2,1H3. The quantitative estimate of drug-likeness (QED) is 0.847. The van der Waals surface area contributed by atoms with Crippen LogP contribution in [0, 0.1) is 11.3 Å². The minimum Gasteiger partial charge on any atom is -0.495 e. The van der Waals surface area contributed by atoms with Crippen LogP contribution in [0.25, 0.3) is 0 Å². The summed E-state index contributed by atoms with van der Waals surface area (Å²) < 4.78 is 42.3. The van der Waals surface area contributed by atoms with Crippen molar-refractivity contribution in [2.45, 2.75) is 12.8 Å². The molecule has 0 saturated carbocycles. The Morgan fingerprint density at radius 3 is 2.44 bits per heavy atom. The highest BCUT2D eigenvalue weighted by atomic mass is 19.4. The molecule has 0 saturated heterocycles. The topological polar surface area (TPSA) is 53.2 Å². The Balaban J connectivity index is 3.52. The number of nitrogens with zero attached hydrogens (tertiary/aromatic N) is 1. The predicted octanol–water partition coefficient (Wildman–Crippen LogP) is 2.08. The Morgan fingerprint density at radius 1 is 1.44 bits per heavy atom. The minimum atomic E-state index is -4.62. The van der Waals surface area contributed by atoms with Crippen LogP contribution >= 0.6 is 0 Å². The van der Waals surface area contributed by atoms with Crippen LogP contribution in [0.3, 0.4) is 0 Å². The molecule has 0 aromatic heterocycles. The van der Waals surface area contributed by atoms with Gasteiger partial charge in [0.2, 0.25) is 0 Å². The van der Waals surface area contributed by atoms with Crippen molar-refractivity contribution < 1.29 is 23.0 Å². The Bertz CT molecular complexity index is 435. The molecule has 0 aliphatic carbocycles. The molecule has 0 radical (unpaired) electrons. The smallest absolute Gasteiger partial charge is 0.417 e. The van der Waals surface area contributed by atoms with Gasteiger partial charge in [0.05, 0.1) is 19.3 Å². The molecule has 0 aliphatic heterocycles. The molecule has 0 atom stereocenters. The summed E-state index contributed by atoms with van der Waals surface area (Å²) in [6, 6.07) is 3.28. The van der Waals surface area contributed by atoms with Gasteiger partial charge < -0.3 is 9.84 Å². The molecule has 1 aromatic carbocycles. The lowest BCUT2D eigenvalue weighted by atomic mass is 10.0. The van der Waals surface area contributed by atoms with E-state index in [0.717, 1.165) is 19.2 Å². The number of aliphatic hydroxyl groups excluding tert-OH is 1. The Morgan fingerprint density at radius 2 is 2.06 bits per heavy atom. The van der Waals surface area contributed by atoms with Crippen LogP contribution in [-0.4, -0.2) is 12.2 Å². The molecule has 16 heavy (non-hydrogen) atoms. The van der Waals surface area contributed by atoms with Crippen molar-refractivity contribution in [2.75, 3.05) is 7.11 Å². The molecule has 0 unspecified atom stereocenters. The molecule has 6 heteroatoms. The molecule has 3 nitrogen and oxygen atoms in total. The monoisotopic (exact) mass is 231 g/mol. The zero-order valence-electron chi connectivity index (χ0n) is 8.30. The van der Waals surface area contributed by atoms with E-state index in [2.05, 4.69) is 0 Å².